The van der Waals surface area contributed by atoms with Gasteiger partial charge < -0.3 is 20.3 Å². The monoisotopic (exact) mass is 430 g/mol. The van der Waals surface area contributed by atoms with Gasteiger partial charge in [0.1, 0.15) is 0 Å². The van der Waals surface area contributed by atoms with Crippen LogP contribution in [0.3, 0.4) is 0 Å². The Morgan fingerprint density at radius 3 is 2.74 bits per heavy atom. The molecular weight excluding hydrogens is 411 g/mol. The summed E-state index contributed by atoms with van der Waals surface area (Å²) in [6.07, 6.45) is -0.934. The minimum atomic E-state index is -1.24. The number of fused-ring (bicyclic) bond motifs is 1. The third kappa shape index (κ3) is 4.94. The summed E-state index contributed by atoms with van der Waals surface area (Å²) < 4.78 is 18.6. The first kappa shape index (κ1) is 21.7. The van der Waals surface area contributed by atoms with Crippen molar-refractivity contribution in [3.8, 4) is 0 Å². The first-order valence-corrected chi connectivity index (χ1v) is 9.26. The molecule has 31 heavy (non-hydrogen) atoms. The van der Waals surface area contributed by atoms with Crippen LogP contribution < -0.4 is 15.5 Å². The summed E-state index contributed by atoms with van der Waals surface area (Å²) in [6, 6.07) is 7.52. The Morgan fingerprint density at radius 1 is 1.29 bits per heavy atom. The van der Waals surface area contributed by atoms with Crippen LogP contribution in [-0.4, -0.2) is 42.4 Å². The molecule has 1 aliphatic heterocycles. The van der Waals surface area contributed by atoms with Crippen molar-refractivity contribution in [2.75, 3.05) is 29.1 Å². The summed E-state index contributed by atoms with van der Waals surface area (Å²) in [5.74, 6) is -2.77. The van der Waals surface area contributed by atoms with Gasteiger partial charge in [0.25, 0.3) is 5.91 Å². The van der Waals surface area contributed by atoms with E-state index in [0.717, 1.165) is 23.9 Å². The van der Waals surface area contributed by atoms with Gasteiger partial charge >= 0.3 is 11.7 Å². The molecular formula is C20H19FN4O6. The fourth-order valence-electron chi connectivity index (χ4n) is 2.95. The second kappa shape index (κ2) is 8.78. The number of benzene rings is 2. The highest BCUT2D eigenvalue weighted by molar-refractivity contribution is 6.01. The molecule has 0 bridgehead atoms. The zero-order valence-corrected chi connectivity index (χ0v) is 16.7. The molecule has 0 saturated heterocycles. The molecule has 2 amide bonds. The van der Waals surface area contributed by atoms with Crippen molar-refractivity contribution >= 4 is 40.5 Å². The Hall–Kier alpha value is -4.02. The third-order valence-corrected chi connectivity index (χ3v) is 4.66. The number of anilines is 3. The molecule has 0 spiro atoms. The van der Waals surface area contributed by atoms with Crippen LogP contribution in [0.25, 0.3) is 0 Å². The van der Waals surface area contributed by atoms with Crippen molar-refractivity contribution in [2.45, 2.75) is 19.4 Å². The Labute approximate surface area is 176 Å². The van der Waals surface area contributed by atoms with E-state index in [0.29, 0.717) is 18.7 Å². The molecule has 3 rings (SSSR count). The number of nitrogens with one attached hydrogen (secondary N) is 2. The topological polar surface area (TPSA) is 131 Å². The molecule has 2 aromatic carbocycles. The third-order valence-electron chi connectivity index (χ3n) is 4.66. The molecule has 162 valence electrons. The zero-order chi connectivity index (χ0) is 22.7. The molecule has 1 heterocycles. The molecule has 0 fully saturated rings. The minimum Gasteiger partial charge on any atom is -0.449 e. The first-order valence-electron chi connectivity index (χ1n) is 9.26. The second-order valence-electron chi connectivity index (χ2n) is 6.91. The second-order valence-corrected chi connectivity index (χ2v) is 6.91. The summed E-state index contributed by atoms with van der Waals surface area (Å²) in [5, 5.41) is 15.9. The number of esters is 1. The van der Waals surface area contributed by atoms with Crippen LogP contribution in [0, 0.1) is 15.9 Å². The summed E-state index contributed by atoms with van der Waals surface area (Å²) in [5.41, 5.74) is 0.518. The number of rotatable bonds is 5. The van der Waals surface area contributed by atoms with Crippen LogP contribution >= 0.6 is 0 Å². The van der Waals surface area contributed by atoms with Crippen molar-refractivity contribution in [1.29, 1.82) is 0 Å². The Bertz CT molecular complexity index is 1070. The number of nitro benzene ring substituents is 1. The first-order chi connectivity index (χ1) is 14.7. The number of carbonyl (C=O) groups is 3. The quantitative estimate of drug-likeness (QED) is 0.424. The van der Waals surface area contributed by atoms with E-state index in [9.17, 15) is 28.9 Å². The molecule has 11 heteroatoms. The maximum Gasteiger partial charge on any atom is 0.338 e. The van der Waals surface area contributed by atoms with Gasteiger partial charge in [0.2, 0.25) is 11.7 Å². The lowest BCUT2D eigenvalue weighted by atomic mass is 10.1. The van der Waals surface area contributed by atoms with Gasteiger partial charge in [-0.2, -0.15) is 4.39 Å². The van der Waals surface area contributed by atoms with Gasteiger partial charge in [-0.05, 0) is 37.3 Å². The lowest BCUT2D eigenvalue weighted by Gasteiger charge is -2.19. The average molecular weight is 430 g/mol. The number of hydrogen-bond acceptors (Lipinski definition) is 7. The number of halogens is 1. The fourth-order valence-corrected chi connectivity index (χ4v) is 2.95. The fraction of sp³-hybridized carbons (Fsp3) is 0.250. The SMILES string of the molecule is C[C@H](OC(=O)c1ccc2c(c1)NC(=O)CCN2C)C(=O)Nc1ccc(F)c([N+](=O)[O-])c1. The number of nitrogens with zero attached hydrogens (tertiary/aromatic N) is 2. The van der Waals surface area contributed by atoms with Gasteiger partial charge in [0.15, 0.2) is 6.10 Å². The highest BCUT2D eigenvalue weighted by Crippen LogP contribution is 2.29. The summed E-state index contributed by atoms with van der Waals surface area (Å²) in [6.45, 7) is 1.85. The average Bonchev–Trinajstić information content (AvgIpc) is 2.86. The normalized spacial score (nSPS) is 14.0. The van der Waals surface area contributed by atoms with Gasteiger partial charge in [-0.1, -0.05) is 0 Å². The highest BCUT2D eigenvalue weighted by atomic mass is 19.1. The Morgan fingerprint density at radius 2 is 2.03 bits per heavy atom. The molecule has 2 N–H and O–H groups in total. The van der Waals surface area contributed by atoms with Crippen LogP contribution in [0.2, 0.25) is 0 Å². The van der Waals surface area contributed by atoms with Crippen molar-refractivity contribution in [1.82, 2.24) is 0 Å². The summed E-state index contributed by atoms with van der Waals surface area (Å²) in [7, 11) is 1.82. The van der Waals surface area contributed by atoms with Gasteiger partial charge in [0.05, 0.1) is 21.9 Å². The molecule has 0 saturated carbocycles. The minimum absolute atomic E-state index is 0.0169. The number of amides is 2. The lowest BCUT2D eigenvalue weighted by Crippen LogP contribution is -2.30. The smallest absolute Gasteiger partial charge is 0.338 e. The van der Waals surface area contributed by atoms with E-state index in [-0.39, 0.29) is 17.2 Å². The van der Waals surface area contributed by atoms with Gasteiger partial charge in [-0.25, -0.2) is 4.79 Å². The molecule has 0 radical (unpaired) electrons. The maximum atomic E-state index is 13.4. The molecule has 0 unspecified atom stereocenters. The number of nitro groups is 1. The van der Waals surface area contributed by atoms with E-state index < -0.39 is 34.4 Å². The van der Waals surface area contributed by atoms with E-state index in [4.69, 9.17) is 4.74 Å². The molecule has 0 aromatic heterocycles. The number of carbonyl (C=O) groups excluding carboxylic acids is 3. The van der Waals surface area contributed by atoms with E-state index in [2.05, 4.69) is 10.6 Å². The molecule has 10 nitrogen and oxygen atoms in total. The Balaban J connectivity index is 1.69. The van der Waals surface area contributed by atoms with Crippen LogP contribution in [0.15, 0.2) is 36.4 Å². The number of ether oxygens (including phenoxy) is 1. The van der Waals surface area contributed by atoms with Crippen LogP contribution in [-0.2, 0) is 14.3 Å². The van der Waals surface area contributed by atoms with E-state index in [1.165, 1.54) is 19.1 Å². The number of hydrogen-bond donors (Lipinski definition) is 2. The molecule has 0 aliphatic carbocycles. The van der Waals surface area contributed by atoms with Crippen LogP contribution in [0.1, 0.15) is 23.7 Å². The highest BCUT2D eigenvalue weighted by Gasteiger charge is 2.23. The summed E-state index contributed by atoms with van der Waals surface area (Å²) >= 11 is 0. The molecule has 2 aromatic rings. The van der Waals surface area contributed by atoms with Crippen molar-refractivity contribution in [3.63, 3.8) is 0 Å². The Kier molecular flexibility index (Phi) is 6.14. The van der Waals surface area contributed by atoms with E-state index >= 15 is 0 Å². The van der Waals surface area contributed by atoms with E-state index in [1.54, 1.807) is 6.07 Å². The van der Waals surface area contributed by atoms with Gasteiger partial charge in [-0.3, -0.25) is 19.7 Å². The zero-order valence-electron chi connectivity index (χ0n) is 16.7. The van der Waals surface area contributed by atoms with Gasteiger partial charge in [0, 0.05) is 31.8 Å². The predicted molar refractivity (Wildman–Crippen MR) is 110 cm³/mol. The van der Waals surface area contributed by atoms with Crippen LogP contribution in [0.5, 0.6) is 0 Å². The van der Waals surface area contributed by atoms with Crippen LogP contribution in [0.4, 0.5) is 27.1 Å². The maximum absolute atomic E-state index is 13.4. The molecule has 1 atom stereocenters. The standard InChI is InChI=1S/C20H19FN4O6/c1-11(19(27)22-13-4-5-14(21)17(10-13)25(29)30)31-20(28)12-3-6-16-15(9-12)23-18(26)7-8-24(16)2/h3-6,9-11H,7-8H2,1-2H3,(H,22,27)(H,23,26)/t11-/m0/s1. The van der Waals surface area contributed by atoms with Gasteiger partial charge in [-0.15, -0.1) is 0 Å². The predicted octanol–water partition coefficient (Wildman–Crippen LogP) is 2.70. The largest absolute Gasteiger partial charge is 0.449 e. The molecule has 1 aliphatic rings. The summed E-state index contributed by atoms with van der Waals surface area (Å²) in [4.78, 5) is 48.4. The van der Waals surface area contributed by atoms with Crippen molar-refractivity contribution in [3.05, 3.63) is 57.9 Å². The van der Waals surface area contributed by atoms with Crippen molar-refractivity contribution in [2.24, 2.45) is 0 Å². The van der Waals surface area contributed by atoms with E-state index in [1.807, 2.05) is 11.9 Å². The van der Waals surface area contributed by atoms with Crippen molar-refractivity contribution < 1.29 is 28.4 Å². The lowest BCUT2D eigenvalue weighted by molar-refractivity contribution is -0.387.